The van der Waals surface area contributed by atoms with Crippen LogP contribution in [0.4, 0.5) is 5.69 Å². The van der Waals surface area contributed by atoms with E-state index in [1.165, 1.54) is 52.7 Å². The molecule has 0 saturated carbocycles. The fourth-order valence-electron chi connectivity index (χ4n) is 2.54. The largest absolute Gasteiger partial charge is 0.496 e. The van der Waals surface area contributed by atoms with Gasteiger partial charge in [0.15, 0.2) is 11.5 Å². The first-order valence-corrected chi connectivity index (χ1v) is 7.91. The minimum atomic E-state index is -1.10. The molecule has 0 spiro atoms. The summed E-state index contributed by atoms with van der Waals surface area (Å²) >= 11 is 0. The van der Waals surface area contributed by atoms with E-state index in [9.17, 15) is 14.7 Å². The van der Waals surface area contributed by atoms with E-state index in [4.69, 9.17) is 18.9 Å². The minimum Gasteiger partial charge on any atom is -0.496 e. The van der Waals surface area contributed by atoms with E-state index in [0.717, 1.165) is 0 Å². The van der Waals surface area contributed by atoms with Gasteiger partial charge in [0.2, 0.25) is 0 Å². The van der Waals surface area contributed by atoms with Crippen molar-refractivity contribution < 1.29 is 33.6 Å². The molecule has 0 aliphatic carbocycles. The first-order valence-electron chi connectivity index (χ1n) is 7.91. The van der Waals surface area contributed by atoms with Crippen molar-refractivity contribution in [2.45, 2.75) is 6.61 Å². The number of amides is 1. The van der Waals surface area contributed by atoms with Gasteiger partial charge in [0.1, 0.15) is 5.75 Å². The highest BCUT2D eigenvalue weighted by Crippen LogP contribution is 2.35. The zero-order valence-electron chi connectivity index (χ0n) is 15.5. The van der Waals surface area contributed by atoms with Crippen LogP contribution in [0.5, 0.6) is 17.2 Å². The molecule has 2 N–H and O–H groups in total. The molecule has 0 aliphatic rings. The van der Waals surface area contributed by atoms with Crippen molar-refractivity contribution in [2.24, 2.45) is 0 Å². The van der Waals surface area contributed by atoms with Crippen molar-refractivity contribution in [2.75, 3.05) is 33.8 Å². The summed E-state index contributed by atoms with van der Waals surface area (Å²) in [5, 5.41) is 11.9. The summed E-state index contributed by atoms with van der Waals surface area (Å²) in [6, 6.07) is 7.52. The Bertz CT molecular complexity index is 848. The Labute approximate surface area is 156 Å². The Hall–Kier alpha value is -3.26. The lowest BCUT2D eigenvalue weighted by atomic mass is 10.1. The molecule has 0 saturated heterocycles. The van der Waals surface area contributed by atoms with Crippen molar-refractivity contribution >= 4 is 17.6 Å². The topological polar surface area (TPSA) is 103 Å². The van der Waals surface area contributed by atoms with Crippen LogP contribution in [0.1, 0.15) is 26.3 Å². The highest BCUT2D eigenvalue weighted by atomic mass is 16.5. The van der Waals surface area contributed by atoms with Crippen LogP contribution in [0.25, 0.3) is 0 Å². The van der Waals surface area contributed by atoms with E-state index in [1.807, 2.05) is 0 Å². The summed E-state index contributed by atoms with van der Waals surface area (Å²) in [5.41, 5.74) is 1.19. The maximum absolute atomic E-state index is 12.7. The molecule has 0 atom stereocenters. The molecular formula is C19H21NO7. The molecule has 27 heavy (non-hydrogen) atoms. The number of hydrogen-bond donors (Lipinski definition) is 2. The van der Waals surface area contributed by atoms with Crippen LogP contribution in [-0.4, -0.2) is 45.4 Å². The van der Waals surface area contributed by atoms with E-state index >= 15 is 0 Å². The Morgan fingerprint density at radius 1 is 0.889 bits per heavy atom. The average molecular weight is 375 g/mol. The van der Waals surface area contributed by atoms with E-state index in [1.54, 1.807) is 6.07 Å². The normalized spacial score (nSPS) is 10.2. The van der Waals surface area contributed by atoms with Gasteiger partial charge in [-0.3, -0.25) is 4.79 Å². The molecule has 2 aromatic rings. The zero-order chi connectivity index (χ0) is 20.0. The molecule has 0 bridgehead atoms. The first kappa shape index (κ1) is 20.1. The highest BCUT2D eigenvalue weighted by Gasteiger charge is 2.18. The Morgan fingerprint density at radius 2 is 1.52 bits per heavy atom. The number of benzene rings is 2. The molecule has 8 heteroatoms. The number of hydrogen-bond acceptors (Lipinski definition) is 6. The van der Waals surface area contributed by atoms with E-state index in [-0.39, 0.29) is 23.5 Å². The van der Waals surface area contributed by atoms with Gasteiger partial charge in [-0.15, -0.1) is 0 Å². The van der Waals surface area contributed by atoms with Gasteiger partial charge in [-0.1, -0.05) is 0 Å². The number of anilines is 1. The Kier molecular flexibility index (Phi) is 6.62. The monoisotopic (exact) mass is 375 g/mol. The average Bonchev–Trinajstić information content (AvgIpc) is 2.66. The summed E-state index contributed by atoms with van der Waals surface area (Å²) in [6.45, 7) is 0.212. The molecule has 0 aliphatic heterocycles. The van der Waals surface area contributed by atoms with Crippen LogP contribution in [-0.2, 0) is 11.3 Å². The molecule has 0 fully saturated rings. The molecular weight excluding hydrogens is 354 g/mol. The van der Waals surface area contributed by atoms with Crippen molar-refractivity contribution in [3.63, 3.8) is 0 Å². The van der Waals surface area contributed by atoms with Gasteiger partial charge in [-0.25, -0.2) is 4.79 Å². The Balaban J connectivity index is 2.40. The molecule has 1 amide bonds. The number of carboxylic acid groups (broad SMARTS) is 1. The van der Waals surface area contributed by atoms with Crippen molar-refractivity contribution in [1.29, 1.82) is 0 Å². The zero-order valence-corrected chi connectivity index (χ0v) is 15.5. The molecule has 0 heterocycles. The van der Waals surface area contributed by atoms with Gasteiger partial charge in [0, 0.05) is 24.9 Å². The van der Waals surface area contributed by atoms with Gasteiger partial charge in [-0.2, -0.15) is 0 Å². The van der Waals surface area contributed by atoms with Gasteiger partial charge in [0.25, 0.3) is 5.91 Å². The lowest BCUT2D eigenvalue weighted by Crippen LogP contribution is -2.14. The minimum absolute atomic E-state index is 0.0409. The van der Waals surface area contributed by atoms with Gasteiger partial charge in [-0.05, 0) is 23.8 Å². The highest BCUT2D eigenvalue weighted by molar-refractivity contribution is 6.07. The number of rotatable bonds is 8. The second kappa shape index (κ2) is 8.91. The molecule has 144 valence electrons. The number of aromatic carboxylic acids is 1. The molecule has 8 nitrogen and oxygen atoms in total. The fourth-order valence-corrected chi connectivity index (χ4v) is 2.54. The van der Waals surface area contributed by atoms with E-state index in [0.29, 0.717) is 22.7 Å². The number of nitrogens with one attached hydrogen (secondary N) is 1. The molecule has 2 rings (SSSR count). The van der Waals surface area contributed by atoms with Crippen molar-refractivity contribution in [3.05, 3.63) is 47.0 Å². The Morgan fingerprint density at radius 3 is 2.07 bits per heavy atom. The molecule has 0 aromatic heterocycles. The van der Waals surface area contributed by atoms with Gasteiger partial charge >= 0.3 is 5.97 Å². The number of ether oxygens (including phenoxy) is 4. The van der Waals surface area contributed by atoms with Crippen LogP contribution < -0.4 is 19.5 Å². The maximum atomic E-state index is 12.7. The summed E-state index contributed by atoms with van der Waals surface area (Å²) < 4.78 is 20.7. The molecule has 2 aromatic carbocycles. The summed E-state index contributed by atoms with van der Waals surface area (Å²) in [6.07, 6.45) is 0. The number of carboxylic acids is 1. The quantitative estimate of drug-likeness (QED) is 0.731. The van der Waals surface area contributed by atoms with Crippen molar-refractivity contribution in [3.8, 4) is 17.2 Å². The van der Waals surface area contributed by atoms with Crippen molar-refractivity contribution in [1.82, 2.24) is 0 Å². The van der Waals surface area contributed by atoms with Crippen LogP contribution in [0, 0.1) is 0 Å². The molecule has 0 unspecified atom stereocenters. The lowest BCUT2D eigenvalue weighted by Gasteiger charge is -2.14. The van der Waals surface area contributed by atoms with Crippen LogP contribution in [0.15, 0.2) is 30.3 Å². The number of carbonyl (C=O) groups excluding carboxylic acids is 1. The third kappa shape index (κ3) is 4.68. The first-order chi connectivity index (χ1) is 12.9. The summed E-state index contributed by atoms with van der Waals surface area (Å²) in [7, 11) is 5.87. The summed E-state index contributed by atoms with van der Waals surface area (Å²) in [5.74, 6) is -0.522. The summed E-state index contributed by atoms with van der Waals surface area (Å²) in [4.78, 5) is 24.1. The second-order valence-corrected chi connectivity index (χ2v) is 5.52. The maximum Gasteiger partial charge on any atom is 0.335 e. The predicted octanol–water partition coefficient (Wildman–Crippen LogP) is 2.81. The number of methoxy groups -OCH3 is 4. The SMILES string of the molecule is COCc1cc(NC(=O)c2cc(OC)c(OC)cc2OC)cc(C(=O)O)c1. The standard InChI is InChI=1S/C19H21NO7/c1-24-10-11-5-12(19(22)23)7-13(6-11)20-18(21)14-8-16(26-3)17(27-4)9-15(14)25-2/h5-9H,10H2,1-4H3,(H,20,21)(H,22,23). The fraction of sp³-hybridized carbons (Fsp3) is 0.263. The van der Waals surface area contributed by atoms with Crippen LogP contribution >= 0.6 is 0 Å². The predicted molar refractivity (Wildman–Crippen MR) is 98.2 cm³/mol. The number of carbonyl (C=O) groups is 2. The smallest absolute Gasteiger partial charge is 0.335 e. The third-order valence-electron chi connectivity index (χ3n) is 3.76. The third-order valence-corrected chi connectivity index (χ3v) is 3.76. The lowest BCUT2D eigenvalue weighted by molar-refractivity contribution is 0.0696. The van der Waals surface area contributed by atoms with Crippen LogP contribution in [0.2, 0.25) is 0 Å². The van der Waals surface area contributed by atoms with Crippen LogP contribution in [0.3, 0.4) is 0 Å². The van der Waals surface area contributed by atoms with Gasteiger partial charge < -0.3 is 29.4 Å². The van der Waals surface area contributed by atoms with E-state index in [2.05, 4.69) is 5.32 Å². The van der Waals surface area contributed by atoms with Gasteiger partial charge in [0.05, 0.1) is 39.1 Å². The second-order valence-electron chi connectivity index (χ2n) is 5.52. The molecule has 0 radical (unpaired) electrons. The van der Waals surface area contributed by atoms with E-state index < -0.39 is 11.9 Å².